The van der Waals surface area contributed by atoms with Gasteiger partial charge in [-0.2, -0.15) is 0 Å². The zero-order chi connectivity index (χ0) is 13.7. The minimum atomic E-state index is -0.348. The van der Waals surface area contributed by atoms with Gasteiger partial charge in [-0.3, -0.25) is 20.4 Å². The molecule has 4 nitrogen and oxygen atoms in total. The molecule has 0 aromatic heterocycles. The third kappa shape index (κ3) is 3.78. The normalized spacial score (nSPS) is 9.74. The standard InChI is InChI=1S/C14H11IN2O2/c15-12-8-6-11(7-9-12)14(19)17-16-13(18)10-4-2-1-3-5-10/h1-9H,(H,16,18)(H,17,19). The van der Waals surface area contributed by atoms with E-state index in [2.05, 4.69) is 33.4 Å². The van der Waals surface area contributed by atoms with Crippen LogP contribution in [0, 0.1) is 3.57 Å². The van der Waals surface area contributed by atoms with Crippen LogP contribution in [0.5, 0.6) is 0 Å². The highest BCUT2D eigenvalue weighted by Gasteiger charge is 2.08. The molecule has 0 saturated heterocycles. The first-order valence-electron chi connectivity index (χ1n) is 5.58. The lowest BCUT2D eigenvalue weighted by atomic mass is 10.2. The van der Waals surface area contributed by atoms with Gasteiger partial charge in [0.25, 0.3) is 11.8 Å². The Morgan fingerprint density at radius 1 is 0.737 bits per heavy atom. The third-order valence-corrected chi connectivity index (χ3v) is 3.15. The van der Waals surface area contributed by atoms with Crippen molar-refractivity contribution in [1.29, 1.82) is 0 Å². The van der Waals surface area contributed by atoms with Crippen LogP contribution in [0.3, 0.4) is 0 Å². The molecule has 2 amide bonds. The molecule has 0 bridgehead atoms. The molecular weight excluding hydrogens is 355 g/mol. The number of rotatable bonds is 2. The molecule has 0 heterocycles. The van der Waals surface area contributed by atoms with E-state index < -0.39 is 0 Å². The molecule has 0 spiro atoms. The molecule has 0 radical (unpaired) electrons. The Balaban J connectivity index is 1.94. The maximum atomic E-state index is 11.8. The maximum Gasteiger partial charge on any atom is 0.269 e. The maximum absolute atomic E-state index is 11.8. The molecule has 2 aromatic carbocycles. The lowest BCUT2D eigenvalue weighted by molar-refractivity contribution is 0.0846. The molecule has 96 valence electrons. The van der Waals surface area contributed by atoms with Gasteiger partial charge in [0, 0.05) is 14.7 Å². The van der Waals surface area contributed by atoms with E-state index in [0.717, 1.165) is 3.57 Å². The summed E-state index contributed by atoms with van der Waals surface area (Å²) in [5.41, 5.74) is 5.73. The van der Waals surface area contributed by atoms with Gasteiger partial charge in [-0.1, -0.05) is 18.2 Å². The summed E-state index contributed by atoms with van der Waals surface area (Å²) in [7, 11) is 0. The van der Waals surface area contributed by atoms with Crippen molar-refractivity contribution >= 4 is 34.4 Å². The highest BCUT2D eigenvalue weighted by Crippen LogP contribution is 2.06. The van der Waals surface area contributed by atoms with Crippen molar-refractivity contribution in [3.63, 3.8) is 0 Å². The number of carbonyl (C=O) groups excluding carboxylic acids is 2. The van der Waals surface area contributed by atoms with E-state index in [4.69, 9.17) is 0 Å². The average Bonchev–Trinajstić information content (AvgIpc) is 2.46. The Labute approximate surface area is 124 Å². The second-order valence-electron chi connectivity index (χ2n) is 3.78. The summed E-state index contributed by atoms with van der Waals surface area (Å²) in [5, 5.41) is 0. The van der Waals surface area contributed by atoms with Crippen molar-refractivity contribution in [3.05, 3.63) is 69.3 Å². The number of hydrazine groups is 1. The minimum absolute atomic E-state index is 0.347. The van der Waals surface area contributed by atoms with Gasteiger partial charge in [0.2, 0.25) is 0 Å². The molecule has 2 rings (SSSR count). The number of benzene rings is 2. The SMILES string of the molecule is O=C(NNC(=O)c1ccc(I)cc1)c1ccccc1. The van der Waals surface area contributed by atoms with Gasteiger partial charge in [-0.05, 0) is 59.0 Å². The molecule has 0 saturated carbocycles. The number of carbonyl (C=O) groups is 2. The van der Waals surface area contributed by atoms with E-state index in [1.165, 1.54) is 0 Å². The van der Waals surface area contributed by atoms with Crippen molar-refractivity contribution < 1.29 is 9.59 Å². The average molecular weight is 366 g/mol. The number of halogens is 1. The monoisotopic (exact) mass is 366 g/mol. The van der Waals surface area contributed by atoms with E-state index in [1.54, 1.807) is 36.4 Å². The molecule has 0 aliphatic rings. The van der Waals surface area contributed by atoms with Crippen LogP contribution in [-0.4, -0.2) is 11.8 Å². The van der Waals surface area contributed by atoms with Crippen LogP contribution in [0.15, 0.2) is 54.6 Å². The van der Waals surface area contributed by atoms with Crippen molar-refractivity contribution in [2.24, 2.45) is 0 Å². The van der Waals surface area contributed by atoms with Crippen LogP contribution in [0.2, 0.25) is 0 Å². The summed E-state index contributed by atoms with van der Waals surface area (Å²) in [6, 6.07) is 15.7. The highest BCUT2D eigenvalue weighted by molar-refractivity contribution is 14.1. The van der Waals surface area contributed by atoms with Crippen molar-refractivity contribution in [2.45, 2.75) is 0 Å². The third-order valence-electron chi connectivity index (χ3n) is 2.43. The van der Waals surface area contributed by atoms with Crippen molar-refractivity contribution in [1.82, 2.24) is 10.9 Å². The first-order chi connectivity index (χ1) is 9.16. The summed E-state index contributed by atoms with van der Waals surface area (Å²) in [6.07, 6.45) is 0. The molecule has 0 aliphatic carbocycles. The number of nitrogens with one attached hydrogen (secondary N) is 2. The van der Waals surface area contributed by atoms with Gasteiger partial charge in [-0.15, -0.1) is 0 Å². The fourth-order valence-corrected chi connectivity index (χ4v) is 1.81. The molecule has 0 atom stereocenters. The largest absolute Gasteiger partial charge is 0.269 e. The predicted octanol–water partition coefficient (Wildman–Crippen LogP) is 2.37. The van der Waals surface area contributed by atoms with Gasteiger partial charge in [0.05, 0.1) is 0 Å². The van der Waals surface area contributed by atoms with E-state index in [-0.39, 0.29) is 11.8 Å². The van der Waals surface area contributed by atoms with Crippen LogP contribution in [-0.2, 0) is 0 Å². The Bertz CT molecular complexity index is 582. The van der Waals surface area contributed by atoms with E-state index in [1.807, 2.05) is 18.2 Å². The molecule has 2 N–H and O–H groups in total. The first-order valence-corrected chi connectivity index (χ1v) is 6.66. The number of hydrogen-bond donors (Lipinski definition) is 2. The molecule has 0 fully saturated rings. The van der Waals surface area contributed by atoms with E-state index in [0.29, 0.717) is 11.1 Å². The van der Waals surface area contributed by atoms with Crippen LogP contribution < -0.4 is 10.9 Å². The zero-order valence-electron chi connectivity index (χ0n) is 9.89. The van der Waals surface area contributed by atoms with Gasteiger partial charge >= 0.3 is 0 Å². The quantitative estimate of drug-likeness (QED) is 0.634. The molecule has 0 unspecified atom stereocenters. The van der Waals surface area contributed by atoms with Crippen LogP contribution >= 0.6 is 22.6 Å². The van der Waals surface area contributed by atoms with Crippen molar-refractivity contribution in [3.8, 4) is 0 Å². The van der Waals surface area contributed by atoms with Gasteiger partial charge in [0.15, 0.2) is 0 Å². The number of hydrogen-bond acceptors (Lipinski definition) is 2. The lowest BCUT2D eigenvalue weighted by Crippen LogP contribution is -2.41. The van der Waals surface area contributed by atoms with Gasteiger partial charge in [-0.25, -0.2) is 0 Å². The molecule has 0 aliphatic heterocycles. The summed E-state index contributed by atoms with van der Waals surface area (Å²) in [6.45, 7) is 0. The highest BCUT2D eigenvalue weighted by atomic mass is 127. The van der Waals surface area contributed by atoms with E-state index >= 15 is 0 Å². The Morgan fingerprint density at radius 3 is 1.74 bits per heavy atom. The van der Waals surface area contributed by atoms with Crippen LogP contribution in [0.25, 0.3) is 0 Å². The molecule has 2 aromatic rings. The fourth-order valence-electron chi connectivity index (χ4n) is 1.45. The predicted molar refractivity (Wildman–Crippen MR) is 80.5 cm³/mol. The molecule has 19 heavy (non-hydrogen) atoms. The second kappa shape index (κ2) is 6.33. The van der Waals surface area contributed by atoms with E-state index in [9.17, 15) is 9.59 Å². The Hall–Kier alpha value is -1.89. The summed E-state index contributed by atoms with van der Waals surface area (Å²) >= 11 is 2.16. The Morgan fingerprint density at radius 2 is 1.21 bits per heavy atom. The summed E-state index contributed by atoms with van der Waals surface area (Å²) in [4.78, 5) is 23.5. The van der Waals surface area contributed by atoms with Crippen LogP contribution in [0.4, 0.5) is 0 Å². The van der Waals surface area contributed by atoms with Crippen LogP contribution in [0.1, 0.15) is 20.7 Å². The topological polar surface area (TPSA) is 58.2 Å². The summed E-state index contributed by atoms with van der Waals surface area (Å²) in [5.74, 6) is -0.694. The lowest BCUT2D eigenvalue weighted by Gasteiger charge is -2.07. The molecule has 5 heteroatoms. The minimum Gasteiger partial charge on any atom is -0.267 e. The number of amides is 2. The smallest absolute Gasteiger partial charge is 0.267 e. The van der Waals surface area contributed by atoms with Gasteiger partial charge < -0.3 is 0 Å². The zero-order valence-corrected chi connectivity index (χ0v) is 12.0. The second-order valence-corrected chi connectivity index (χ2v) is 5.03. The first kappa shape index (κ1) is 13.5. The summed E-state index contributed by atoms with van der Waals surface area (Å²) < 4.78 is 1.04. The Kier molecular flexibility index (Phi) is 4.51. The van der Waals surface area contributed by atoms with Crippen molar-refractivity contribution in [2.75, 3.05) is 0 Å². The fraction of sp³-hybridized carbons (Fsp3) is 0. The van der Waals surface area contributed by atoms with Gasteiger partial charge in [0.1, 0.15) is 0 Å². The molecular formula is C14H11IN2O2.